The van der Waals surface area contributed by atoms with Crippen molar-refractivity contribution in [3.8, 4) is 5.75 Å². The topological polar surface area (TPSA) is 64.1 Å². The van der Waals surface area contributed by atoms with E-state index in [2.05, 4.69) is 26.2 Å². The highest BCUT2D eigenvalue weighted by Gasteiger charge is 2.15. The first-order valence-corrected chi connectivity index (χ1v) is 8.70. The van der Waals surface area contributed by atoms with Crippen molar-refractivity contribution in [2.24, 2.45) is 0 Å². The largest absolute Gasteiger partial charge is 0.493 e. The van der Waals surface area contributed by atoms with Crippen LogP contribution in [0.15, 0.2) is 36.4 Å². The minimum absolute atomic E-state index is 0.0436. The molecule has 4 rings (SSSR count). The fourth-order valence-electron chi connectivity index (χ4n) is 3.00. The summed E-state index contributed by atoms with van der Waals surface area (Å²) in [6, 6.07) is 11.7. The molecule has 1 aromatic heterocycles. The molecule has 1 aliphatic rings. The maximum Gasteiger partial charge on any atom is 0.251 e. The van der Waals surface area contributed by atoms with Gasteiger partial charge in [0.25, 0.3) is 5.91 Å². The molecule has 1 amide bonds. The molecule has 122 valence electrons. The number of ether oxygens (including phenoxy) is 1. The van der Waals surface area contributed by atoms with E-state index in [-0.39, 0.29) is 11.9 Å². The zero-order chi connectivity index (χ0) is 16.5. The van der Waals surface area contributed by atoms with Crippen LogP contribution in [0.2, 0.25) is 0 Å². The van der Waals surface area contributed by atoms with E-state index >= 15 is 0 Å². The summed E-state index contributed by atoms with van der Waals surface area (Å²) >= 11 is 1.16. The van der Waals surface area contributed by atoms with Crippen LogP contribution in [0.1, 0.15) is 28.4 Å². The average molecular weight is 339 g/mol. The van der Waals surface area contributed by atoms with Gasteiger partial charge >= 0.3 is 0 Å². The van der Waals surface area contributed by atoms with Crippen LogP contribution < -0.4 is 10.1 Å². The van der Waals surface area contributed by atoms with Crippen LogP contribution in [0.4, 0.5) is 0 Å². The minimum Gasteiger partial charge on any atom is -0.493 e. The van der Waals surface area contributed by atoms with E-state index in [0.29, 0.717) is 5.56 Å². The van der Waals surface area contributed by atoms with Gasteiger partial charge in [0.05, 0.1) is 18.3 Å². The molecule has 6 heteroatoms. The summed E-state index contributed by atoms with van der Waals surface area (Å²) in [6.45, 7) is 2.78. The first-order chi connectivity index (χ1) is 11.7. The summed E-state index contributed by atoms with van der Waals surface area (Å²) < 4.78 is 13.9. The Morgan fingerprint density at radius 3 is 3.04 bits per heavy atom. The van der Waals surface area contributed by atoms with E-state index in [1.54, 1.807) is 12.1 Å². The van der Waals surface area contributed by atoms with Crippen molar-refractivity contribution in [2.45, 2.75) is 25.8 Å². The van der Waals surface area contributed by atoms with Crippen molar-refractivity contribution >= 4 is 28.7 Å². The maximum absolute atomic E-state index is 12.4. The van der Waals surface area contributed by atoms with Gasteiger partial charge in [0.1, 0.15) is 16.8 Å². The molecule has 0 unspecified atom stereocenters. The third-order valence-corrected chi connectivity index (χ3v) is 4.75. The zero-order valence-electron chi connectivity index (χ0n) is 13.3. The van der Waals surface area contributed by atoms with Crippen LogP contribution in [0.25, 0.3) is 11.0 Å². The summed E-state index contributed by atoms with van der Waals surface area (Å²) in [6.07, 6.45) is 1.76. The molecule has 2 aromatic carbocycles. The maximum atomic E-state index is 12.4. The standard InChI is InChI=1S/C18H17N3O2S/c1-11(8-12-2-5-17-13(9-12)6-7-23-17)19-18(22)14-3-4-15-16(10-14)21-24-20-15/h2-5,9-11H,6-8H2,1H3,(H,19,22)/t11-/m0/s1. The minimum atomic E-state index is -0.0816. The molecule has 3 aromatic rings. The molecule has 0 aliphatic carbocycles. The Morgan fingerprint density at radius 1 is 1.25 bits per heavy atom. The number of benzene rings is 2. The first-order valence-electron chi connectivity index (χ1n) is 7.97. The van der Waals surface area contributed by atoms with Gasteiger partial charge in [-0.2, -0.15) is 8.75 Å². The van der Waals surface area contributed by atoms with Crippen molar-refractivity contribution in [3.05, 3.63) is 53.1 Å². The molecule has 0 fully saturated rings. The molecule has 2 heterocycles. The van der Waals surface area contributed by atoms with Crippen LogP contribution >= 0.6 is 11.7 Å². The Morgan fingerprint density at radius 2 is 2.12 bits per heavy atom. The van der Waals surface area contributed by atoms with Crippen LogP contribution in [0.5, 0.6) is 5.75 Å². The van der Waals surface area contributed by atoms with Gasteiger partial charge in [0.15, 0.2) is 0 Å². The third-order valence-electron chi connectivity index (χ3n) is 4.19. The number of carbonyl (C=O) groups excluding carboxylic acids is 1. The first kappa shape index (κ1) is 15.1. The Labute approximate surface area is 144 Å². The predicted molar refractivity (Wildman–Crippen MR) is 93.7 cm³/mol. The predicted octanol–water partition coefficient (Wildman–Crippen LogP) is 2.99. The molecular formula is C18H17N3O2S. The van der Waals surface area contributed by atoms with E-state index in [1.165, 1.54) is 11.1 Å². The highest BCUT2D eigenvalue weighted by molar-refractivity contribution is 7.00. The molecule has 0 radical (unpaired) electrons. The molecular weight excluding hydrogens is 322 g/mol. The lowest BCUT2D eigenvalue weighted by Crippen LogP contribution is -2.34. The highest BCUT2D eigenvalue weighted by atomic mass is 32.1. The summed E-state index contributed by atoms with van der Waals surface area (Å²) in [5.41, 5.74) is 4.67. The second-order valence-electron chi connectivity index (χ2n) is 6.09. The Balaban J connectivity index is 1.43. The lowest BCUT2D eigenvalue weighted by Gasteiger charge is -2.14. The molecule has 5 nitrogen and oxygen atoms in total. The van der Waals surface area contributed by atoms with Gasteiger partial charge < -0.3 is 10.1 Å². The third kappa shape index (κ3) is 2.97. The van der Waals surface area contributed by atoms with E-state index in [9.17, 15) is 4.79 Å². The van der Waals surface area contributed by atoms with Crippen LogP contribution in [-0.2, 0) is 12.8 Å². The number of carbonyl (C=O) groups is 1. The lowest BCUT2D eigenvalue weighted by molar-refractivity contribution is 0.0940. The normalized spacial score (nSPS) is 14.2. The van der Waals surface area contributed by atoms with Gasteiger partial charge in [-0.25, -0.2) is 0 Å². The lowest BCUT2D eigenvalue weighted by atomic mass is 10.0. The van der Waals surface area contributed by atoms with Gasteiger partial charge in [0, 0.05) is 18.0 Å². The van der Waals surface area contributed by atoms with E-state index in [4.69, 9.17) is 4.74 Å². The Bertz CT molecular complexity index is 906. The summed E-state index contributed by atoms with van der Waals surface area (Å²) in [5, 5.41) is 3.05. The van der Waals surface area contributed by atoms with Gasteiger partial charge in [-0.3, -0.25) is 4.79 Å². The molecule has 1 N–H and O–H groups in total. The van der Waals surface area contributed by atoms with E-state index in [1.807, 2.05) is 19.1 Å². The van der Waals surface area contributed by atoms with Crippen LogP contribution in [0, 0.1) is 0 Å². The van der Waals surface area contributed by atoms with Crippen LogP contribution in [-0.4, -0.2) is 27.3 Å². The van der Waals surface area contributed by atoms with Gasteiger partial charge in [0.2, 0.25) is 0 Å². The number of nitrogens with zero attached hydrogens (tertiary/aromatic N) is 2. The zero-order valence-corrected chi connectivity index (χ0v) is 14.1. The smallest absolute Gasteiger partial charge is 0.251 e. The molecule has 1 aliphatic heterocycles. The molecule has 0 bridgehead atoms. The van der Waals surface area contributed by atoms with E-state index in [0.717, 1.165) is 48.0 Å². The fourth-order valence-corrected chi connectivity index (χ4v) is 3.52. The molecule has 0 saturated carbocycles. The number of nitrogens with one attached hydrogen (secondary N) is 1. The monoisotopic (exact) mass is 339 g/mol. The number of hydrogen-bond acceptors (Lipinski definition) is 5. The van der Waals surface area contributed by atoms with Crippen molar-refractivity contribution in [1.29, 1.82) is 0 Å². The molecule has 0 spiro atoms. The Kier molecular flexibility index (Phi) is 3.90. The van der Waals surface area contributed by atoms with Crippen molar-refractivity contribution in [2.75, 3.05) is 6.61 Å². The number of amides is 1. The number of hydrogen-bond donors (Lipinski definition) is 1. The summed E-state index contributed by atoms with van der Waals surface area (Å²) in [7, 11) is 0. The average Bonchev–Trinajstić information content (AvgIpc) is 3.22. The molecule has 0 saturated heterocycles. The summed E-state index contributed by atoms with van der Waals surface area (Å²) in [5.74, 6) is 0.905. The summed E-state index contributed by atoms with van der Waals surface area (Å²) in [4.78, 5) is 12.4. The van der Waals surface area contributed by atoms with Gasteiger partial charge in [-0.15, -0.1) is 0 Å². The number of aromatic nitrogens is 2. The van der Waals surface area contributed by atoms with Crippen molar-refractivity contribution in [3.63, 3.8) is 0 Å². The fraction of sp³-hybridized carbons (Fsp3) is 0.278. The van der Waals surface area contributed by atoms with Crippen LogP contribution in [0.3, 0.4) is 0 Å². The van der Waals surface area contributed by atoms with Gasteiger partial charge in [-0.05, 0) is 48.7 Å². The second kappa shape index (κ2) is 6.20. The van der Waals surface area contributed by atoms with Crippen molar-refractivity contribution in [1.82, 2.24) is 14.1 Å². The second-order valence-corrected chi connectivity index (χ2v) is 6.62. The van der Waals surface area contributed by atoms with Crippen molar-refractivity contribution < 1.29 is 9.53 Å². The SMILES string of the molecule is C[C@@H](Cc1ccc2c(c1)CCO2)NC(=O)c1ccc2nsnc2c1. The van der Waals surface area contributed by atoms with Gasteiger partial charge in [-0.1, -0.05) is 12.1 Å². The van der Waals surface area contributed by atoms with E-state index < -0.39 is 0 Å². The molecule has 1 atom stereocenters. The number of fused-ring (bicyclic) bond motifs is 2. The Hall–Kier alpha value is -2.47. The molecule has 24 heavy (non-hydrogen) atoms. The quantitative estimate of drug-likeness (QED) is 0.794. The number of rotatable bonds is 4. The highest BCUT2D eigenvalue weighted by Crippen LogP contribution is 2.26.